The molecule has 0 aliphatic rings. The van der Waals surface area contributed by atoms with Crippen LogP contribution in [0.5, 0.6) is 0 Å². The molecule has 0 spiro atoms. The number of rotatable bonds is 2. The molecule has 0 N–H and O–H groups in total. The van der Waals surface area contributed by atoms with Crippen LogP contribution in [0, 0.1) is 15.9 Å². The van der Waals surface area contributed by atoms with Gasteiger partial charge in [-0.1, -0.05) is 34.1 Å². The number of nitrogens with zero attached hydrogens (tertiary/aromatic N) is 1. The topological polar surface area (TPSA) is 43.1 Å². The molecule has 0 amide bonds. The largest absolute Gasteiger partial charge is 0.270 e. The van der Waals surface area contributed by atoms with Crippen LogP contribution in [0.3, 0.4) is 0 Å². The number of nitro groups is 1. The van der Waals surface area contributed by atoms with Gasteiger partial charge < -0.3 is 0 Å². The highest BCUT2D eigenvalue weighted by molar-refractivity contribution is 9.10. The standard InChI is InChI=1S/C12H7BrFNO2/c13-11-4-2-1-3-9(11)10-7-8(15(16)17)5-6-12(10)14/h1-7H. The third kappa shape index (κ3) is 2.34. The number of hydrogen-bond acceptors (Lipinski definition) is 2. The van der Waals surface area contributed by atoms with Gasteiger partial charge in [0.15, 0.2) is 0 Å². The molecular weight excluding hydrogens is 289 g/mol. The van der Waals surface area contributed by atoms with Crippen molar-refractivity contribution in [1.82, 2.24) is 0 Å². The van der Waals surface area contributed by atoms with E-state index in [1.807, 2.05) is 0 Å². The highest BCUT2D eigenvalue weighted by Gasteiger charge is 2.13. The predicted molar refractivity (Wildman–Crippen MR) is 66.2 cm³/mol. The Morgan fingerprint density at radius 1 is 1.12 bits per heavy atom. The van der Waals surface area contributed by atoms with Gasteiger partial charge in [0.1, 0.15) is 5.82 Å². The van der Waals surface area contributed by atoms with Crippen LogP contribution < -0.4 is 0 Å². The third-order valence-corrected chi connectivity index (χ3v) is 3.02. The van der Waals surface area contributed by atoms with Crippen molar-refractivity contribution in [3.05, 3.63) is 62.9 Å². The maximum atomic E-state index is 13.7. The maximum absolute atomic E-state index is 13.7. The second-order valence-electron chi connectivity index (χ2n) is 3.40. The van der Waals surface area contributed by atoms with Gasteiger partial charge in [-0.3, -0.25) is 10.1 Å². The van der Waals surface area contributed by atoms with E-state index in [9.17, 15) is 14.5 Å². The van der Waals surface area contributed by atoms with E-state index in [0.29, 0.717) is 10.0 Å². The second kappa shape index (κ2) is 4.63. The van der Waals surface area contributed by atoms with Crippen molar-refractivity contribution in [3.63, 3.8) is 0 Å². The quantitative estimate of drug-likeness (QED) is 0.617. The molecule has 0 aliphatic heterocycles. The Labute approximate surface area is 105 Å². The fourth-order valence-corrected chi connectivity index (χ4v) is 2.01. The summed E-state index contributed by atoms with van der Waals surface area (Å²) in [6.45, 7) is 0. The Morgan fingerprint density at radius 3 is 2.47 bits per heavy atom. The Hall–Kier alpha value is -1.75. The lowest BCUT2D eigenvalue weighted by Crippen LogP contribution is -1.91. The summed E-state index contributed by atoms with van der Waals surface area (Å²) in [5.41, 5.74) is 0.678. The molecule has 0 atom stereocenters. The highest BCUT2D eigenvalue weighted by Crippen LogP contribution is 2.32. The molecule has 0 aromatic heterocycles. The summed E-state index contributed by atoms with van der Waals surface area (Å²) in [6.07, 6.45) is 0. The Kier molecular flexibility index (Phi) is 3.19. The molecule has 0 bridgehead atoms. The molecule has 17 heavy (non-hydrogen) atoms. The monoisotopic (exact) mass is 295 g/mol. The van der Waals surface area contributed by atoms with E-state index in [0.717, 1.165) is 12.1 Å². The number of non-ortho nitro benzene ring substituents is 1. The summed E-state index contributed by atoms with van der Waals surface area (Å²) in [5.74, 6) is -0.484. The molecular formula is C12H7BrFNO2. The van der Waals surface area contributed by atoms with Gasteiger partial charge in [-0.25, -0.2) is 4.39 Å². The maximum Gasteiger partial charge on any atom is 0.270 e. The predicted octanol–water partition coefficient (Wildman–Crippen LogP) is 4.16. The van der Waals surface area contributed by atoms with Crippen molar-refractivity contribution in [2.75, 3.05) is 0 Å². The highest BCUT2D eigenvalue weighted by atomic mass is 79.9. The average molecular weight is 296 g/mol. The molecule has 0 heterocycles. The molecule has 0 saturated heterocycles. The van der Waals surface area contributed by atoms with E-state index < -0.39 is 10.7 Å². The van der Waals surface area contributed by atoms with E-state index in [1.54, 1.807) is 24.3 Å². The van der Waals surface area contributed by atoms with Crippen LogP contribution in [0.25, 0.3) is 11.1 Å². The van der Waals surface area contributed by atoms with Crippen molar-refractivity contribution in [1.29, 1.82) is 0 Å². The molecule has 0 fully saturated rings. The van der Waals surface area contributed by atoms with Gasteiger partial charge in [-0.15, -0.1) is 0 Å². The van der Waals surface area contributed by atoms with Crippen molar-refractivity contribution in [3.8, 4) is 11.1 Å². The van der Waals surface area contributed by atoms with E-state index >= 15 is 0 Å². The molecule has 2 rings (SSSR count). The molecule has 5 heteroatoms. The van der Waals surface area contributed by atoms with Crippen LogP contribution in [0.1, 0.15) is 0 Å². The summed E-state index contributed by atoms with van der Waals surface area (Å²) < 4.78 is 14.3. The van der Waals surface area contributed by atoms with Gasteiger partial charge in [0.25, 0.3) is 5.69 Å². The Balaban J connectivity index is 2.63. The van der Waals surface area contributed by atoms with Crippen LogP contribution in [0.15, 0.2) is 46.9 Å². The zero-order valence-corrected chi connectivity index (χ0v) is 10.1. The van der Waals surface area contributed by atoms with Crippen LogP contribution in [-0.2, 0) is 0 Å². The minimum atomic E-state index is -0.542. The first-order valence-corrected chi connectivity index (χ1v) is 5.58. The number of benzene rings is 2. The number of nitro benzene ring substituents is 1. The summed E-state index contributed by atoms with van der Waals surface area (Å²) in [6, 6.07) is 10.5. The lowest BCUT2D eigenvalue weighted by atomic mass is 10.0. The SMILES string of the molecule is O=[N+]([O-])c1ccc(F)c(-c2ccccc2Br)c1. The first-order valence-electron chi connectivity index (χ1n) is 4.78. The minimum Gasteiger partial charge on any atom is -0.258 e. The van der Waals surface area contributed by atoms with E-state index in [4.69, 9.17) is 0 Å². The Bertz CT molecular complexity index is 586. The van der Waals surface area contributed by atoms with Crippen molar-refractivity contribution in [2.45, 2.75) is 0 Å². The lowest BCUT2D eigenvalue weighted by Gasteiger charge is -2.05. The summed E-state index contributed by atoms with van der Waals surface area (Å²) in [4.78, 5) is 10.1. The zero-order valence-electron chi connectivity index (χ0n) is 8.56. The van der Waals surface area contributed by atoms with E-state index in [-0.39, 0.29) is 11.3 Å². The molecule has 0 unspecified atom stereocenters. The van der Waals surface area contributed by atoms with Crippen molar-refractivity contribution < 1.29 is 9.31 Å². The van der Waals surface area contributed by atoms with E-state index in [1.165, 1.54) is 6.07 Å². The molecule has 2 aromatic rings. The molecule has 0 aliphatic carbocycles. The summed E-state index contributed by atoms with van der Waals surface area (Å²) in [5, 5.41) is 10.7. The summed E-state index contributed by atoms with van der Waals surface area (Å²) >= 11 is 3.29. The molecule has 0 saturated carbocycles. The fourth-order valence-electron chi connectivity index (χ4n) is 1.51. The first-order chi connectivity index (χ1) is 8.09. The van der Waals surface area contributed by atoms with E-state index in [2.05, 4.69) is 15.9 Å². The zero-order chi connectivity index (χ0) is 12.4. The number of hydrogen-bond donors (Lipinski definition) is 0. The first kappa shape index (κ1) is 11.7. The second-order valence-corrected chi connectivity index (χ2v) is 4.26. The van der Waals surface area contributed by atoms with Gasteiger partial charge in [0.05, 0.1) is 4.92 Å². The molecule has 0 radical (unpaired) electrons. The van der Waals surface area contributed by atoms with Crippen molar-refractivity contribution >= 4 is 21.6 Å². The van der Waals surface area contributed by atoms with Crippen LogP contribution in [0.2, 0.25) is 0 Å². The molecule has 3 nitrogen and oxygen atoms in total. The third-order valence-electron chi connectivity index (χ3n) is 2.32. The average Bonchev–Trinajstić information content (AvgIpc) is 2.30. The van der Waals surface area contributed by atoms with Gasteiger partial charge in [0.2, 0.25) is 0 Å². The fraction of sp³-hybridized carbons (Fsp3) is 0. The summed E-state index contributed by atoms with van der Waals surface area (Å²) in [7, 11) is 0. The van der Waals surface area contributed by atoms with Crippen LogP contribution in [-0.4, -0.2) is 4.92 Å². The minimum absolute atomic E-state index is 0.128. The Morgan fingerprint density at radius 2 is 1.82 bits per heavy atom. The van der Waals surface area contributed by atoms with Crippen LogP contribution >= 0.6 is 15.9 Å². The smallest absolute Gasteiger partial charge is 0.258 e. The molecule has 2 aromatic carbocycles. The molecule has 86 valence electrons. The van der Waals surface area contributed by atoms with Gasteiger partial charge in [-0.2, -0.15) is 0 Å². The van der Waals surface area contributed by atoms with Gasteiger partial charge in [-0.05, 0) is 17.7 Å². The lowest BCUT2D eigenvalue weighted by molar-refractivity contribution is -0.384. The van der Waals surface area contributed by atoms with Gasteiger partial charge >= 0.3 is 0 Å². The normalized spacial score (nSPS) is 10.2. The van der Waals surface area contributed by atoms with Crippen LogP contribution in [0.4, 0.5) is 10.1 Å². The van der Waals surface area contributed by atoms with Crippen molar-refractivity contribution in [2.24, 2.45) is 0 Å². The number of halogens is 2. The van der Waals surface area contributed by atoms with Gasteiger partial charge in [0, 0.05) is 22.2 Å².